The summed E-state index contributed by atoms with van der Waals surface area (Å²) in [6.07, 6.45) is 1.04. The molecule has 0 amide bonds. The van der Waals surface area contributed by atoms with Crippen LogP contribution in [-0.2, 0) is 0 Å². The Morgan fingerprint density at radius 3 is 2.71 bits per heavy atom. The number of ether oxygens (including phenoxy) is 2. The Hall–Kier alpha value is -3.10. The normalized spacial score (nSPS) is 10.0. The Kier molecular flexibility index (Phi) is 4.02. The zero-order valence-corrected chi connectivity index (χ0v) is 11.4. The van der Waals surface area contributed by atoms with E-state index >= 15 is 0 Å². The molecule has 1 aromatic carbocycles. The van der Waals surface area contributed by atoms with Crippen molar-refractivity contribution in [2.24, 2.45) is 0 Å². The van der Waals surface area contributed by atoms with E-state index in [9.17, 15) is 10.1 Å². The molecule has 0 aliphatic carbocycles. The summed E-state index contributed by atoms with van der Waals surface area (Å²) < 4.78 is 10.3. The van der Waals surface area contributed by atoms with Crippen molar-refractivity contribution in [3.8, 4) is 11.5 Å². The molecule has 0 radical (unpaired) electrons. The van der Waals surface area contributed by atoms with Crippen LogP contribution in [0.4, 0.5) is 23.1 Å². The molecule has 0 saturated heterocycles. The van der Waals surface area contributed by atoms with E-state index in [0.29, 0.717) is 17.2 Å². The summed E-state index contributed by atoms with van der Waals surface area (Å²) in [5.74, 6) is 0.946. The van der Waals surface area contributed by atoms with Gasteiger partial charge in [-0.05, 0) is 12.1 Å². The van der Waals surface area contributed by atoms with Gasteiger partial charge in [0, 0.05) is 6.07 Å². The van der Waals surface area contributed by atoms with Crippen molar-refractivity contribution in [2.75, 3.05) is 25.3 Å². The minimum Gasteiger partial charge on any atom is -0.497 e. The Morgan fingerprint density at radius 1 is 1.33 bits per heavy atom. The largest absolute Gasteiger partial charge is 0.497 e. The fourth-order valence-electron chi connectivity index (χ4n) is 1.64. The number of nitrogens with one attached hydrogen (secondary N) is 1. The van der Waals surface area contributed by atoms with E-state index in [2.05, 4.69) is 15.3 Å². The molecular weight excluding hydrogens is 278 g/mol. The van der Waals surface area contributed by atoms with Gasteiger partial charge in [-0.3, -0.25) is 10.1 Å². The van der Waals surface area contributed by atoms with E-state index in [1.54, 1.807) is 18.2 Å². The molecule has 3 N–H and O–H groups in total. The van der Waals surface area contributed by atoms with Gasteiger partial charge >= 0.3 is 5.69 Å². The molecule has 110 valence electrons. The molecule has 0 fully saturated rings. The third-order valence-corrected chi connectivity index (χ3v) is 2.65. The van der Waals surface area contributed by atoms with Gasteiger partial charge in [0.25, 0.3) is 0 Å². The van der Waals surface area contributed by atoms with Gasteiger partial charge in [-0.15, -0.1) is 0 Å². The number of methoxy groups -OCH3 is 2. The van der Waals surface area contributed by atoms with Gasteiger partial charge in [0.1, 0.15) is 17.7 Å². The van der Waals surface area contributed by atoms with Crippen molar-refractivity contribution in [3.63, 3.8) is 0 Å². The van der Waals surface area contributed by atoms with Crippen molar-refractivity contribution in [1.82, 2.24) is 9.97 Å². The molecule has 0 aliphatic heterocycles. The first kappa shape index (κ1) is 14.3. The van der Waals surface area contributed by atoms with Crippen LogP contribution in [0.5, 0.6) is 11.5 Å². The van der Waals surface area contributed by atoms with Crippen molar-refractivity contribution in [3.05, 3.63) is 34.5 Å². The number of hydrogen-bond donors (Lipinski definition) is 2. The number of benzene rings is 1. The van der Waals surface area contributed by atoms with Gasteiger partial charge in [-0.25, -0.2) is 4.98 Å². The van der Waals surface area contributed by atoms with Crippen LogP contribution in [-0.4, -0.2) is 29.1 Å². The third-order valence-electron chi connectivity index (χ3n) is 2.65. The van der Waals surface area contributed by atoms with E-state index in [0.717, 1.165) is 6.20 Å². The summed E-state index contributed by atoms with van der Waals surface area (Å²) in [5.41, 5.74) is 5.66. The van der Waals surface area contributed by atoms with Crippen LogP contribution in [0.2, 0.25) is 0 Å². The molecule has 1 aromatic heterocycles. The Labute approximate surface area is 119 Å². The lowest BCUT2D eigenvalue weighted by atomic mass is 10.2. The van der Waals surface area contributed by atoms with Crippen LogP contribution in [0.25, 0.3) is 0 Å². The molecular formula is C12H13N5O4. The molecule has 0 aliphatic rings. The molecule has 21 heavy (non-hydrogen) atoms. The maximum atomic E-state index is 11.0. The molecule has 9 nitrogen and oxygen atoms in total. The van der Waals surface area contributed by atoms with Gasteiger partial charge in [0.05, 0.1) is 24.8 Å². The molecule has 0 spiro atoms. The Morgan fingerprint density at radius 2 is 2.10 bits per heavy atom. The predicted molar refractivity (Wildman–Crippen MR) is 75.9 cm³/mol. The van der Waals surface area contributed by atoms with Gasteiger partial charge in [-0.2, -0.15) is 4.98 Å². The highest BCUT2D eigenvalue weighted by Gasteiger charge is 2.18. The summed E-state index contributed by atoms with van der Waals surface area (Å²) in [7, 11) is 3.00. The van der Waals surface area contributed by atoms with Gasteiger partial charge in [0.15, 0.2) is 0 Å². The number of rotatable bonds is 5. The molecule has 0 atom stereocenters. The van der Waals surface area contributed by atoms with Gasteiger partial charge in [-0.1, -0.05) is 0 Å². The minimum absolute atomic E-state index is 0.0176. The molecule has 2 aromatic rings. The summed E-state index contributed by atoms with van der Waals surface area (Å²) in [6.45, 7) is 0. The van der Waals surface area contributed by atoms with Crippen molar-refractivity contribution < 1.29 is 14.4 Å². The second-order valence-corrected chi connectivity index (χ2v) is 3.91. The van der Waals surface area contributed by atoms with E-state index in [4.69, 9.17) is 15.2 Å². The quantitative estimate of drug-likeness (QED) is 0.630. The average Bonchev–Trinajstić information content (AvgIpc) is 2.47. The topological polar surface area (TPSA) is 125 Å². The zero-order chi connectivity index (χ0) is 15.4. The molecule has 1 heterocycles. The maximum Gasteiger partial charge on any atom is 0.329 e. The van der Waals surface area contributed by atoms with Crippen LogP contribution in [0.15, 0.2) is 24.4 Å². The number of nitro groups is 1. The average molecular weight is 291 g/mol. The Bertz CT molecular complexity index is 677. The molecule has 0 unspecified atom stereocenters. The molecule has 0 bridgehead atoms. The van der Waals surface area contributed by atoms with Gasteiger partial charge < -0.3 is 20.5 Å². The summed E-state index contributed by atoms with van der Waals surface area (Å²) in [6, 6.07) is 4.97. The zero-order valence-electron chi connectivity index (χ0n) is 11.4. The van der Waals surface area contributed by atoms with Crippen LogP contribution < -0.4 is 20.5 Å². The first-order valence-corrected chi connectivity index (χ1v) is 5.81. The molecule has 0 saturated carbocycles. The number of aromatic nitrogens is 2. The second kappa shape index (κ2) is 5.90. The van der Waals surface area contributed by atoms with Crippen LogP contribution in [0, 0.1) is 10.1 Å². The molecule has 2 rings (SSSR count). The van der Waals surface area contributed by atoms with E-state index < -0.39 is 4.92 Å². The smallest absolute Gasteiger partial charge is 0.329 e. The Balaban J connectivity index is 2.42. The summed E-state index contributed by atoms with van der Waals surface area (Å²) >= 11 is 0. The monoisotopic (exact) mass is 291 g/mol. The number of nitrogen functional groups attached to an aromatic ring is 1. The lowest BCUT2D eigenvalue weighted by Gasteiger charge is -2.12. The first-order chi connectivity index (χ1) is 10.0. The number of nitrogens with two attached hydrogens (primary N) is 1. The van der Waals surface area contributed by atoms with E-state index in [1.165, 1.54) is 14.2 Å². The highest BCUT2D eigenvalue weighted by Crippen LogP contribution is 2.33. The van der Waals surface area contributed by atoms with Crippen molar-refractivity contribution in [1.29, 1.82) is 0 Å². The highest BCUT2D eigenvalue weighted by molar-refractivity contribution is 5.71. The standard InChI is InChI=1S/C12H13N5O4/c1-20-7-3-4-8(10(5-7)21-2)15-11-9(17(18)19)6-14-12(13)16-11/h3-6H,1-2H3,(H3,13,14,15,16). The SMILES string of the molecule is COc1ccc(Nc2nc(N)ncc2[N+](=O)[O-])c(OC)c1. The van der Waals surface area contributed by atoms with Crippen LogP contribution >= 0.6 is 0 Å². The third kappa shape index (κ3) is 3.08. The second-order valence-electron chi connectivity index (χ2n) is 3.91. The number of hydrogen-bond acceptors (Lipinski definition) is 8. The summed E-state index contributed by atoms with van der Waals surface area (Å²) in [5, 5.41) is 13.8. The first-order valence-electron chi connectivity index (χ1n) is 5.81. The summed E-state index contributed by atoms with van der Waals surface area (Å²) in [4.78, 5) is 17.8. The lowest BCUT2D eigenvalue weighted by Crippen LogP contribution is -2.05. The predicted octanol–water partition coefficient (Wildman–Crippen LogP) is 1.73. The number of nitrogens with zero attached hydrogens (tertiary/aromatic N) is 3. The van der Waals surface area contributed by atoms with E-state index in [-0.39, 0.29) is 17.5 Å². The van der Waals surface area contributed by atoms with Crippen LogP contribution in [0.3, 0.4) is 0 Å². The maximum absolute atomic E-state index is 11.0. The number of anilines is 3. The van der Waals surface area contributed by atoms with E-state index in [1.807, 2.05) is 0 Å². The highest BCUT2D eigenvalue weighted by atomic mass is 16.6. The fraction of sp³-hybridized carbons (Fsp3) is 0.167. The molecule has 9 heteroatoms. The fourth-order valence-corrected chi connectivity index (χ4v) is 1.64. The van der Waals surface area contributed by atoms with Crippen molar-refractivity contribution >= 4 is 23.1 Å². The van der Waals surface area contributed by atoms with Crippen molar-refractivity contribution in [2.45, 2.75) is 0 Å². The minimum atomic E-state index is -0.599. The van der Waals surface area contributed by atoms with Crippen LogP contribution in [0.1, 0.15) is 0 Å². The lowest BCUT2D eigenvalue weighted by molar-refractivity contribution is -0.384. The van der Waals surface area contributed by atoms with Gasteiger partial charge in [0.2, 0.25) is 11.8 Å².